The number of anilines is 2. The fraction of sp³-hybridized carbons (Fsp3) is 0.471. The number of methoxy groups -OCH3 is 2. The zero-order chi connectivity index (χ0) is 67.5. The summed E-state index contributed by atoms with van der Waals surface area (Å²) in [4.78, 5) is 161. The lowest BCUT2D eigenvalue weighted by atomic mass is 9.87. The van der Waals surface area contributed by atoms with Crippen LogP contribution in [-0.4, -0.2) is 163 Å². The van der Waals surface area contributed by atoms with E-state index < -0.39 is 101 Å². The van der Waals surface area contributed by atoms with Crippen LogP contribution in [0.4, 0.5) is 11.4 Å². The number of nitrogens with one attached hydrogen (secondary N) is 4. The fourth-order valence-corrected chi connectivity index (χ4v) is 11.7. The van der Waals surface area contributed by atoms with Gasteiger partial charge in [-0.2, -0.15) is 0 Å². The Kier molecular flexibility index (Phi) is 25.4. The topological polar surface area (TPSA) is 286 Å². The lowest BCUT2D eigenvalue weighted by Crippen LogP contribution is -2.58. The van der Waals surface area contributed by atoms with Crippen molar-refractivity contribution in [3.05, 3.63) is 131 Å². The first-order chi connectivity index (χ1) is 44.4. The quantitative estimate of drug-likeness (QED) is 0.0870. The van der Waals surface area contributed by atoms with E-state index in [0.29, 0.717) is 65.2 Å². The SMILES string of the molecule is COc1ccc(CC[C@H]2OC(=O)[C@@H]3CCCCN3C(=O)C(=O)C(C)(C)COC(=O)C=CCCN(C)C(=O)[C@H](CC(C)C)N(C)C(=O)[C@H]3CCCN3C(=O)[C@H](Cc3cccc(NC(C)=O)c3)NC(=O)[C@H](c3ccccc3)NC(=O)CCC(=O)Nc3cccc2c3)cc1OC. The van der Waals surface area contributed by atoms with Crippen LogP contribution in [0.1, 0.15) is 133 Å². The highest BCUT2D eigenvalue weighted by atomic mass is 16.5. The summed E-state index contributed by atoms with van der Waals surface area (Å²) in [6, 6.07) is 21.3. The van der Waals surface area contributed by atoms with Gasteiger partial charge in [-0.1, -0.05) is 80.6 Å². The van der Waals surface area contributed by atoms with Crippen molar-refractivity contribution in [3.63, 3.8) is 0 Å². The Bertz CT molecular complexity index is 3410. The molecule has 2 bridgehead atoms. The van der Waals surface area contributed by atoms with Crippen LogP contribution >= 0.6 is 0 Å². The summed E-state index contributed by atoms with van der Waals surface area (Å²) in [6.45, 7) is 8.01. The first kappa shape index (κ1) is 71.0. The molecule has 0 unspecified atom stereocenters. The van der Waals surface area contributed by atoms with Crippen molar-refractivity contribution in [1.29, 1.82) is 0 Å². The molecular weight excluding hydrogens is 1190 g/mol. The number of aryl methyl sites for hydroxylation is 1. The number of likely N-dealkylation sites (N-methyl/N-ethyl adjacent to an activating group) is 2. The molecule has 4 aromatic carbocycles. The van der Waals surface area contributed by atoms with E-state index in [1.54, 1.807) is 98.0 Å². The number of esters is 2. The monoisotopic (exact) mass is 1280 g/mol. The largest absolute Gasteiger partial charge is 0.493 e. The Morgan fingerprint density at radius 2 is 1.41 bits per heavy atom. The van der Waals surface area contributed by atoms with E-state index in [1.165, 1.54) is 67.7 Å². The van der Waals surface area contributed by atoms with Crippen LogP contribution in [0.2, 0.25) is 0 Å². The van der Waals surface area contributed by atoms with Crippen LogP contribution < -0.4 is 30.7 Å². The molecule has 0 radical (unpaired) electrons. The number of fused-ring (bicyclic) bond motifs is 4. The number of Topliss-reactive ketones (excluding diaryl/α,β-unsaturated/α-hetero) is 1. The standard InChI is InChI=1S/C70H88N8O15/c1-44(2)38-55-66(86)75(6)35-15-14-28-61(82)92-43-70(4,5)63(83)68(88)78-36-16-13-26-54(78)69(89)93-56(31-29-46-30-32-57(90-8)58(41-46)91-9)49-23-18-25-51(42-49)72-59(80)33-34-60(81)74-62(48-21-11-10-12-22-48)64(84)73-52(40-47-20-17-24-50(39-47)71-45(3)79)65(85)77-37-19-27-53(77)67(87)76(55)7/h10-12,14,17-18,20-25,28,30,32,39,41-42,44,52-56,62H,13,15-16,19,26-27,29,31,33-38,40,43H2,1-9H3,(H,71,79)(H,72,80)(H,73,84)(H,74,81)/t52-,53+,54-,55-,56+,62-/m0/s1. The number of piperidine rings is 1. The molecule has 3 aliphatic rings. The third-order valence-corrected chi connectivity index (χ3v) is 16.8. The van der Waals surface area contributed by atoms with Crippen LogP contribution in [-0.2, 0) is 75.1 Å². The number of benzene rings is 4. The number of cyclic esters (lactones) is 2. The molecule has 2 fully saturated rings. The van der Waals surface area contributed by atoms with E-state index in [1.807, 2.05) is 19.9 Å². The molecule has 0 saturated carbocycles. The van der Waals surface area contributed by atoms with E-state index in [9.17, 15) is 47.9 Å². The number of hydrogen-bond acceptors (Lipinski definition) is 15. The van der Waals surface area contributed by atoms with Crippen LogP contribution in [0.3, 0.4) is 0 Å². The van der Waals surface area contributed by atoms with Crippen LogP contribution in [0.15, 0.2) is 109 Å². The van der Waals surface area contributed by atoms with E-state index in [-0.39, 0.29) is 88.7 Å². The van der Waals surface area contributed by atoms with Crippen molar-refractivity contribution in [3.8, 4) is 11.5 Å². The van der Waals surface area contributed by atoms with Gasteiger partial charge in [0.15, 0.2) is 11.5 Å². The summed E-state index contributed by atoms with van der Waals surface area (Å²) < 4.78 is 22.8. The van der Waals surface area contributed by atoms with Gasteiger partial charge in [0.05, 0.1) is 19.6 Å². The second kappa shape index (κ2) is 33.2. The highest BCUT2D eigenvalue weighted by Gasteiger charge is 2.44. The summed E-state index contributed by atoms with van der Waals surface area (Å²) in [6.07, 6.45) is 3.86. The molecule has 0 spiro atoms. The molecule has 23 heteroatoms. The maximum Gasteiger partial charge on any atom is 0.330 e. The smallest absolute Gasteiger partial charge is 0.330 e. The van der Waals surface area contributed by atoms with Crippen LogP contribution in [0, 0.1) is 11.3 Å². The predicted octanol–water partition coefficient (Wildman–Crippen LogP) is 6.99. The van der Waals surface area contributed by atoms with Crippen molar-refractivity contribution >= 4 is 76.4 Å². The number of nitrogens with zero attached hydrogens (tertiary/aromatic N) is 4. The summed E-state index contributed by atoms with van der Waals surface area (Å²) in [5, 5.41) is 11.2. The molecule has 6 atom stereocenters. The fourth-order valence-electron chi connectivity index (χ4n) is 11.7. The first-order valence-electron chi connectivity index (χ1n) is 31.7. The number of rotatable bonds is 11. The Morgan fingerprint density at radius 3 is 2.13 bits per heavy atom. The summed E-state index contributed by atoms with van der Waals surface area (Å²) in [5.41, 5.74) is 1.43. The lowest BCUT2D eigenvalue weighted by molar-refractivity contribution is -0.165. The minimum atomic E-state index is -1.52. The van der Waals surface area contributed by atoms with Gasteiger partial charge in [-0.3, -0.25) is 43.2 Å². The van der Waals surface area contributed by atoms with Gasteiger partial charge in [-0.25, -0.2) is 9.59 Å². The number of ketones is 1. The van der Waals surface area contributed by atoms with Crippen molar-refractivity contribution < 1.29 is 71.7 Å². The second-order valence-electron chi connectivity index (χ2n) is 25.0. The van der Waals surface area contributed by atoms with Gasteiger partial charge in [0, 0.05) is 77.4 Å². The highest BCUT2D eigenvalue weighted by molar-refractivity contribution is 6.38. The van der Waals surface area contributed by atoms with Gasteiger partial charge in [-0.05, 0) is 136 Å². The second-order valence-corrected chi connectivity index (χ2v) is 25.0. The van der Waals surface area contributed by atoms with Crippen molar-refractivity contribution in [1.82, 2.24) is 30.2 Å². The summed E-state index contributed by atoms with van der Waals surface area (Å²) in [7, 11) is 6.14. The maximum atomic E-state index is 15.2. The molecule has 3 aliphatic heterocycles. The Labute approximate surface area is 543 Å². The van der Waals surface area contributed by atoms with Crippen LogP contribution in [0.25, 0.3) is 0 Å². The molecule has 7 rings (SSSR count). The molecule has 23 nitrogen and oxygen atoms in total. The minimum Gasteiger partial charge on any atom is -0.493 e. The summed E-state index contributed by atoms with van der Waals surface area (Å²) >= 11 is 0. The normalized spacial score (nSPS) is 22.4. The van der Waals surface area contributed by atoms with Crippen molar-refractivity contribution in [2.24, 2.45) is 11.3 Å². The molecule has 3 heterocycles. The lowest BCUT2D eigenvalue weighted by Gasteiger charge is -2.36. The highest BCUT2D eigenvalue weighted by Crippen LogP contribution is 2.33. The van der Waals surface area contributed by atoms with Gasteiger partial charge in [0.1, 0.15) is 42.9 Å². The van der Waals surface area contributed by atoms with E-state index in [4.69, 9.17) is 18.9 Å². The Hall–Kier alpha value is -9.41. The molecule has 93 heavy (non-hydrogen) atoms. The first-order valence-corrected chi connectivity index (χ1v) is 31.7. The summed E-state index contributed by atoms with van der Waals surface area (Å²) in [5.74, 6) is -6.26. The maximum absolute atomic E-state index is 15.2. The molecule has 0 aliphatic carbocycles. The number of carbonyl (C=O) groups excluding carboxylic acids is 11. The predicted molar refractivity (Wildman–Crippen MR) is 346 cm³/mol. The van der Waals surface area contributed by atoms with E-state index in [0.717, 1.165) is 11.6 Å². The van der Waals surface area contributed by atoms with Gasteiger partial charge >= 0.3 is 11.9 Å². The molecule has 4 N–H and O–H groups in total. The molecule has 4 aromatic rings. The Balaban J connectivity index is 1.21. The molecule has 0 aromatic heterocycles. The zero-order valence-corrected chi connectivity index (χ0v) is 54.7. The zero-order valence-electron chi connectivity index (χ0n) is 54.7. The number of ether oxygens (including phenoxy) is 4. The van der Waals surface area contributed by atoms with Crippen LogP contribution in [0.5, 0.6) is 11.5 Å². The average Bonchev–Trinajstić information content (AvgIpc) is 1.85. The molecule has 498 valence electrons. The molecule has 2 saturated heterocycles. The van der Waals surface area contributed by atoms with Crippen molar-refractivity contribution in [2.75, 3.05) is 65.2 Å². The third kappa shape index (κ3) is 19.6. The third-order valence-electron chi connectivity index (χ3n) is 16.8. The van der Waals surface area contributed by atoms with Gasteiger partial charge in [0.2, 0.25) is 47.1 Å². The van der Waals surface area contributed by atoms with Gasteiger partial charge in [-0.15, -0.1) is 0 Å². The Morgan fingerprint density at radius 1 is 0.710 bits per heavy atom. The number of carbonyl (C=O) groups is 11. The van der Waals surface area contributed by atoms with Crippen molar-refractivity contribution in [2.45, 2.75) is 148 Å². The van der Waals surface area contributed by atoms with Gasteiger partial charge < -0.3 is 59.8 Å². The number of amides is 8. The van der Waals surface area contributed by atoms with E-state index >= 15 is 4.79 Å². The molecule has 8 amide bonds. The minimum absolute atomic E-state index is 0.0562. The number of hydrogen-bond donors (Lipinski definition) is 4. The van der Waals surface area contributed by atoms with Gasteiger partial charge in [0.25, 0.3) is 5.91 Å². The van der Waals surface area contributed by atoms with E-state index in [2.05, 4.69) is 21.3 Å². The average molecular weight is 1280 g/mol. The molecular formula is C70H88N8O15.